The molecule has 0 aromatic rings. The lowest BCUT2D eigenvalue weighted by molar-refractivity contribution is 0.0272. The van der Waals surface area contributed by atoms with Crippen LogP contribution in [0.3, 0.4) is 0 Å². The summed E-state index contributed by atoms with van der Waals surface area (Å²) >= 11 is 0. The van der Waals surface area contributed by atoms with Crippen LogP contribution >= 0.6 is 0 Å². The third-order valence-electron chi connectivity index (χ3n) is 1.64. The average Bonchev–Trinajstić information content (AvgIpc) is 2.04. The number of aliphatic hydroxyl groups excluding tert-OH is 1. The van der Waals surface area contributed by atoms with Gasteiger partial charge in [0.15, 0.2) is 0 Å². The molecule has 0 spiro atoms. The SMILES string of the molecule is O=S(=O)(CCO)NN1CCOCC1. The maximum absolute atomic E-state index is 11.1. The predicted octanol–water partition coefficient (Wildman–Crippen LogP) is -1.85. The summed E-state index contributed by atoms with van der Waals surface area (Å²) in [4.78, 5) is 2.36. The Hall–Kier alpha value is -0.210. The number of sulfonamides is 1. The topological polar surface area (TPSA) is 78.9 Å². The normalized spacial score (nSPS) is 20.4. The molecule has 0 unspecified atom stereocenters. The van der Waals surface area contributed by atoms with Crippen molar-refractivity contribution in [3.05, 3.63) is 0 Å². The van der Waals surface area contributed by atoms with E-state index in [9.17, 15) is 8.42 Å². The van der Waals surface area contributed by atoms with Crippen molar-refractivity contribution in [1.29, 1.82) is 0 Å². The van der Waals surface area contributed by atoms with E-state index in [4.69, 9.17) is 9.84 Å². The number of ether oxygens (including phenoxy) is 1. The van der Waals surface area contributed by atoms with E-state index in [2.05, 4.69) is 4.83 Å². The molecule has 0 bridgehead atoms. The second-order valence-corrected chi connectivity index (χ2v) is 4.55. The average molecular weight is 210 g/mol. The van der Waals surface area contributed by atoms with Crippen LogP contribution < -0.4 is 4.83 Å². The van der Waals surface area contributed by atoms with Crippen molar-refractivity contribution in [2.75, 3.05) is 38.7 Å². The molecule has 13 heavy (non-hydrogen) atoms. The highest BCUT2D eigenvalue weighted by Crippen LogP contribution is 1.95. The largest absolute Gasteiger partial charge is 0.395 e. The van der Waals surface area contributed by atoms with Crippen LogP contribution in [0.1, 0.15) is 0 Å². The minimum absolute atomic E-state index is 0.260. The number of hydrogen-bond acceptors (Lipinski definition) is 5. The molecule has 0 aliphatic carbocycles. The summed E-state index contributed by atoms with van der Waals surface area (Å²) < 4.78 is 27.3. The van der Waals surface area contributed by atoms with E-state index in [0.717, 1.165) is 0 Å². The van der Waals surface area contributed by atoms with Gasteiger partial charge in [-0.25, -0.2) is 13.4 Å². The first-order valence-corrected chi connectivity index (χ1v) is 5.73. The van der Waals surface area contributed by atoms with Crippen LogP contribution in [-0.4, -0.2) is 57.2 Å². The fourth-order valence-electron chi connectivity index (χ4n) is 1.02. The van der Waals surface area contributed by atoms with Gasteiger partial charge in [0.2, 0.25) is 10.0 Å². The standard InChI is InChI=1S/C6H14N2O4S/c9-3-6-13(10,11)7-8-1-4-12-5-2-8/h7,9H,1-6H2. The van der Waals surface area contributed by atoms with Crippen LogP contribution in [-0.2, 0) is 14.8 Å². The molecule has 0 atom stereocenters. The van der Waals surface area contributed by atoms with Crippen molar-refractivity contribution in [1.82, 2.24) is 9.84 Å². The first-order valence-electron chi connectivity index (χ1n) is 4.08. The van der Waals surface area contributed by atoms with Gasteiger partial charge in [0.25, 0.3) is 0 Å². The van der Waals surface area contributed by atoms with Gasteiger partial charge in [-0.2, -0.15) is 0 Å². The van der Waals surface area contributed by atoms with Gasteiger partial charge in [-0.05, 0) is 0 Å². The molecule has 0 amide bonds. The number of aliphatic hydroxyl groups is 1. The molecule has 1 rings (SSSR count). The molecule has 1 heterocycles. The highest BCUT2D eigenvalue weighted by atomic mass is 32.2. The summed E-state index contributed by atoms with van der Waals surface area (Å²) in [6.45, 7) is 1.79. The molecule has 6 nitrogen and oxygen atoms in total. The van der Waals surface area contributed by atoms with E-state index in [-0.39, 0.29) is 12.4 Å². The fraction of sp³-hybridized carbons (Fsp3) is 1.00. The van der Waals surface area contributed by atoms with E-state index in [1.807, 2.05) is 0 Å². The summed E-state index contributed by atoms with van der Waals surface area (Å²) in [6.07, 6.45) is 0. The van der Waals surface area contributed by atoms with E-state index in [0.29, 0.717) is 26.3 Å². The molecule has 78 valence electrons. The van der Waals surface area contributed by atoms with E-state index in [1.54, 1.807) is 5.01 Å². The molecule has 1 saturated heterocycles. The monoisotopic (exact) mass is 210 g/mol. The zero-order valence-corrected chi connectivity index (χ0v) is 8.09. The molecule has 2 N–H and O–H groups in total. The second-order valence-electron chi connectivity index (χ2n) is 2.73. The van der Waals surface area contributed by atoms with Gasteiger partial charge in [-0.15, -0.1) is 4.83 Å². The van der Waals surface area contributed by atoms with Crippen molar-refractivity contribution in [2.45, 2.75) is 0 Å². The molecule has 7 heteroatoms. The third-order valence-corrected chi connectivity index (χ3v) is 2.90. The van der Waals surface area contributed by atoms with Gasteiger partial charge in [0.1, 0.15) is 0 Å². The highest BCUT2D eigenvalue weighted by molar-refractivity contribution is 7.89. The van der Waals surface area contributed by atoms with Crippen molar-refractivity contribution in [3.8, 4) is 0 Å². The number of morpholine rings is 1. The molecular weight excluding hydrogens is 196 g/mol. The summed E-state index contributed by atoms with van der Waals surface area (Å²) in [5.74, 6) is -0.260. The molecule has 0 aromatic carbocycles. The first kappa shape index (κ1) is 10.9. The lowest BCUT2D eigenvalue weighted by Crippen LogP contribution is -2.49. The number of hydrogen-bond donors (Lipinski definition) is 2. The van der Waals surface area contributed by atoms with Crippen LogP contribution in [0, 0.1) is 0 Å². The highest BCUT2D eigenvalue weighted by Gasteiger charge is 2.16. The molecule has 1 aliphatic heterocycles. The fourth-order valence-corrected chi connectivity index (χ4v) is 1.92. The first-order chi connectivity index (χ1) is 6.14. The smallest absolute Gasteiger partial charge is 0.226 e. The van der Waals surface area contributed by atoms with Gasteiger partial charge in [-0.1, -0.05) is 0 Å². The Morgan fingerprint density at radius 2 is 2.00 bits per heavy atom. The third kappa shape index (κ3) is 4.01. The van der Waals surface area contributed by atoms with Crippen molar-refractivity contribution in [2.24, 2.45) is 0 Å². The number of nitrogens with zero attached hydrogens (tertiary/aromatic N) is 1. The minimum Gasteiger partial charge on any atom is -0.395 e. The number of hydrazine groups is 1. The Kier molecular flexibility index (Phi) is 4.07. The Morgan fingerprint density at radius 3 is 2.54 bits per heavy atom. The lowest BCUT2D eigenvalue weighted by Gasteiger charge is -2.26. The van der Waals surface area contributed by atoms with Gasteiger partial charge >= 0.3 is 0 Å². The molecule has 1 aliphatic rings. The Morgan fingerprint density at radius 1 is 1.38 bits per heavy atom. The quantitative estimate of drug-likeness (QED) is 0.569. The summed E-state index contributed by atoms with van der Waals surface area (Å²) in [7, 11) is -3.36. The maximum atomic E-state index is 11.1. The lowest BCUT2D eigenvalue weighted by atomic mass is 10.5. The van der Waals surface area contributed by atoms with Crippen LogP contribution in [0.2, 0.25) is 0 Å². The zero-order valence-electron chi connectivity index (χ0n) is 7.27. The van der Waals surface area contributed by atoms with Crippen molar-refractivity contribution >= 4 is 10.0 Å². The predicted molar refractivity (Wildman–Crippen MR) is 46.4 cm³/mol. The minimum atomic E-state index is -3.36. The summed E-state index contributed by atoms with van der Waals surface area (Å²) in [6, 6.07) is 0. The zero-order chi connectivity index (χ0) is 9.73. The van der Waals surface area contributed by atoms with Crippen LogP contribution in [0.5, 0.6) is 0 Å². The molecule has 0 aromatic heterocycles. The van der Waals surface area contributed by atoms with E-state index < -0.39 is 10.0 Å². The summed E-state index contributed by atoms with van der Waals surface area (Å²) in [5, 5.41) is 10.0. The van der Waals surface area contributed by atoms with E-state index >= 15 is 0 Å². The van der Waals surface area contributed by atoms with Gasteiger partial charge in [0, 0.05) is 13.1 Å². The Balaban J connectivity index is 2.37. The van der Waals surface area contributed by atoms with Gasteiger partial charge in [-0.3, -0.25) is 0 Å². The molecule has 1 fully saturated rings. The van der Waals surface area contributed by atoms with Crippen molar-refractivity contribution < 1.29 is 18.3 Å². The second kappa shape index (κ2) is 4.87. The Bertz CT molecular complexity index is 235. The molecule has 0 radical (unpaired) electrons. The summed E-state index contributed by atoms with van der Waals surface area (Å²) in [5.41, 5.74) is 0. The molecular formula is C6H14N2O4S. The Labute approximate surface area is 77.5 Å². The van der Waals surface area contributed by atoms with Gasteiger partial charge < -0.3 is 9.84 Å². The van der Waals surface area contributed by atoms with E-state index in [1.165, 1.54) is 0 Å². The van der Waals surface area contributed by atoms with Crippen molar-refractivity contribution in [3.63, 3.8) is 0 Å². The maximum Gasteiger partial charge on any atom is 0.226 e. The van der Waals surface area contributed by atoms with Crippen LogP contribution in [0.15, 0.2) is 0 Å². The number of nitrogens with one attached hydrogen (secondary N) is 1. The molecule has 0 saturated carbocycles. The van der Waals surface area contributed by atoms with Gasteiger partial charge in [0.05, 0.1) is 25.6 Å². The number of rotatable bonds is 4. The van der Waals surface area contributed by atoms with Crippen LogP contribution in [0.25, 0.3) is 0 Å². The van der Waals surface area contributed by atoms with Crippen LogP contribution in [0.4, 0.5) is 0 Å².